The van der Waals surface area contributed by atoms with Crippen LogP contribution in [0.2, 0.25) is 0 Å². The first-order valence-corrected chi connectivity index (χ1v) is 7.12. The van der Waals surface area contributed by atoms with Crippen LogP contribution in [0.4, 0.5) is 0 Å². The zero-order chi connectivity index (χ0) is 13.1. The molecule has 0 aliphatic rings. The molecule has 1 aromatic rings. The molecule has 1 N–H and O–H groups in total. The molecule has 0 bridgehead atoms. The normalized spacial score (nSPS) is 11.7. The summed E-state index contributed by atoms with van der Waals surface area (Å²) in [5, 5.41) is 8.49. The van der Waals surface area contributed by atoms with Gasteiger partial charge < -0.3 is 5.11 Å². The summed E-state index contributed by atoms with van der Waals surface area (Å²) in [5.41, 5.74) is 0.796. The van der Waals surface area contributed by atoms with E-state index in [2.05, 4.69) is 15.9 Å². The Kier molecular flexibility index (Phi) is 4.67. The van der Waals surface area contributed by atoms with Crippen molar-refractivity contribution in [2.24, 2.45) is 0 Å². The maximum atomic E-state index is 11.5. The molecular formula is C10H12BrNO4S. The lowest BCUT2D eigenvalue weighted by molar-refractivity contribution is -0.134. The number of benzene rings is 1. The van der Waals surface area contributed by atoms with Crippen LogP contribution in [0.15, 0.2) is 28.7 Å². The Labute approximate surface area is 108 Å². The Bertz CT molecular complexity index is 498. The third-order valence-electron chi connectivity index (χ3n) is 2.10. The van der Waals surface area contributed by atoms with Gasteiger partial charge in [-0.15, -0.1) is 0 Å². The predicted molar refractivity (Wildman–Crippen MR) is 67.0 cm³/mol. The molecule has 0 radical (unpaired) electrons. The first-order valence-electron chi connectivity index (χ1n) is 4.71. The number of carbonyl (C=O) groups is 1. The number of halogens is 1. The molecule has 5 nitrogen and oxygen atoms in total. The van der Waals surface area contributed by atoms with Gasteiger partial charge in [0.1, 0.15) is 0 Å². The molecule has 94 valence electrons. The van der Waals surface area contributed by atoms with Gasteiger partial charge in [0.25, 0.3) is 0 Å². The van der Waals surface area contributed by atoms with Crippen molar-refractivity contribution in [3.8, 4) is 0 Å². The van der Waals surface area contributed by atoms with Crippen LogP contribution in [-0.4, -0.2) is 36.6 Å². The van der Waals surface area contributed by atoms with Gasteiger partial charge >= 0.3 is 5.97 Å². The van der Waals surface area contributed by atoms with Crippen LogP contribution in [0.5, 0.6) is 0 Å². The van der Waals surface area contributed by atoms with Crippen LogP contribution < -0.4 is 0 Å². The van der Waals surface area contributed by atoms with E-state index in [1.54, 1.807) is 24.3 Å². The van der Waals surface area contributed by atoms with Gasteiger partial charge in [-0.2, -0.15) is 0 Å². The second kappa shape index (κ2) is 5.61. The third kappa shape index (κ3) is 4.45. The topological polar surface area (TPSA) is 74.7 Å². The average molecular weight is 322 g/mol. The summed E-state index contributed by atoms with van der Waals surface area (Å²) in [5.74, 6) is -2.24. The van der Waals surface area contributed by atoms with E-state index in [9.17, 15) is 13.2 Å². The van der Waals surface area contributed by atoms with Crippen molar-refractivity contribution in [3.05, 3.63) is 34.3 Å². The SMILES string of the molecule is CN(Cc1ccc(Br)cc1)S(=O)(=O)CC(=O)O. The van der Waals surface area contributed by atoms with Crippen molar-refractivity contribution in [1.29, 1.82) is 0 Å². The highest BCUT2D eigenvalue weighted by molar-refractivity contribution is 9.10. The fourth-order valence-electron chi connectivity index (χ4n) is 1.21. The second-order valence-corrected chi connectivity index (χ2v) is 6.52. The largest absolute Gasteiger partial charge is 0.480 e. The number of nitrogens with zero attached hydrogens (tertiary/aromatic N) is 1. The molecule has 0 amide bonds. The standard InChI is InChI=1S/C10H12BrNO4S/c1-12(17(15,16)7-10(13)14)6-8-2-4-9(11)5-3-8/h2-5H,6-7H2,1H3,(H,13,14). The molecule has 0 spiro atoms. The van der Waals surface area contributed by atoms with Crippen molar-refractivity contribution in [2.75, 3.05) is 12.8 Å². The Morgan fingerprint density at radius 3 is 2.35 bits per heavy atom. The van der Waals surface area contributed by atoms with E-state index in [4.69, 9.17) is 5.11 Å². The molecule has 0 fully saturated rings. The summed E-state index contributed by atoms with van der Waals surface area (Å²) in [4.78, 5) is 10.4. The van der Waals surface area contributed by atoms with E-state index >= 15 is 0 Å². The van der Waals surface area contributed by atoms with Crippen LogP contribution in [0.1, 0.15) is 5.56 Å². The predicted octanol–water partition coefficient (Wildman–Crippen LogP) is 1.30. The first kappa shape index (κ1) is 14.1. The highest BCUT2D eigenvalue weighted by Gasteiger charge is 2.21. The van der Waals surface area contributed by atoms with Crippen LogP contribution >= 0.6 is 15.9 Å². The Balaban J connectivity index is 2.75. The van der Waals surface area contributed by atoms with Gasteiger partial charge in [-0.3, -0.25) is 4.79 Å². The van der Waals surface area contributed by atoms with Gasteiger partial charge in [0, 0.05) is 18.1 Å². The van der Waals surface area contributed by atoms with Gasteiger partial charge in [-0.25, -0.2) is 12.7 Å². The van der Waals surface area contributed by atoms with Crippen molar-refractivity contribution < 1.29 is 18.3 Å². The highest BCUT2D eigenvalue weighted by Crippen LogP contribution is 2.13. The van der Waals surface area contributed by atoms with Gasteiger partial charge in [-0.05, 0) is 17.7 Å². The molecule has 0 saturated heterocycles. The summed E-state index contributed by atoms with van der Waals surface area (Å²) >= 11 is 3.27. The van der Waals surface area contributed by atoms with Gasteiger partial charge in [0.05, 0.1) is 0 Å². The van der Waals surface area contributed by atoms with Gasteiger partial charge in [0.15, 0.2) is 5.75 Å². The summed E-state index contributed by atoms with van der Waals surface area (Å²) in [6, 6.07) is 7.15. The molecule has 0 heterocycles. The van der Waals surface area contributed by atoms with E-state index in [0.717, 1.165) is 14.3 Å². The minimum atomic E-state index is -3.75. The van der Waals surface area contributed by atoms with E-state index in [1.807, 2.05) is 0 Å². The monoisotopic (exact) mass is 321 g/mol. The zero-order valence-corrected chi connectivity index (χ0v) is 11.5. The number of hydrogen-bond donors (Lipinski definition) is 1. The van der Waals surface area contributed by atoms with Crippen LogP contribution in [0.3, 0.4) is 0 Å². The lowest BCUT2D eigenvalue weighted by atomic mass is 10.2. The van der Waals surface area contributed by atoms with Crippen molar-refractivity contribution in [1.82, 2.24) is 4.31 Å². The highest BCUT2D eigenvalue weighted by atomic mass is 79.9. The smallest absolute Gasteiger partial charge is 0.320 e. The minimum Gasteiger partial charge on any atom is -0.480 e. The molecule has 0 atom stereocenters. The Morgan fingerprint density at radius 2 is 1.88 bits per heavy atom. The molecule has 17 heavy (non-hydrogen) atoms. The number of rotatable bonds is 5. The number of hydrogen-bond acceptors (Lipinski definition) is 3. The second-order valence-electron chi connectivity index (χ2n) is 3.53. The molecular weight excluding hydrogens is 310 g/mol. The summed E-state index contributed by atoms with van der Waals surface area (Å²) in [7, 11) is -2.38. The molecule has 0 aliphatic heterocycles. The van der Waals surface area contributed by atoms with Crippen LogP contribution in [0.25, 0.3) is 0 Å². The summed E-state index contributed by atoms with van der Waals surface area (Å²) in [6.07, 6.45) is 0. The number of aliphatic carboxylic acids is 1. The van der Waals surface area contributed by atoms with Gasteiger partial charge in [-0.1, -0.05) is 28.1 Å². The fraction of sp³-hybridized carbons (Fsp3) is 0.300. The molecule has 0 unspecified atom stereocenters. The molecule has 1 aromatic carbocycles. The van der Waals surface area contributed by atoms with E-state index in [0.29, 0.717) is 0 Å². The number of sulfonamides is 1. The van der Waals surface area contributed by atoms with Crippen LogP contribution in [0, 0.1) is 0 Å². The van der Waals surface area contributed by atoms with E-state index < -0.39 is 21.7 Å². The van der Waals surface area contributed by atoms with Crippen molar-refractivity contribution in [3.63, 3.8) is 0 Å². The lowest BCUT2D eigenvalue weighted by Gasteiger charge is -2.15. The zero-order valence-electron chi connectivity index (χ0n) is 9.13. The minimum absolute atomic E-state index is 0.156. The average Bonchev–Trinajstić information content (AvgIpc) is 2.19. The third-order valence-corrected chi connectivity index (χ3v) is 4.32. The fourth-order valence-corrected chi connectivity index (χ4v) is 2.35. The maximum absolute atomic E-state index is 11.5. The summed E-state index contributed by atoms with van der Waals surface area (Å²) in [6.45, 7) is 0.156. The first-order chi connectivity index (χ1) is 7.81. The molecule has 7 heteroatoms. The summed E-state index contributed by atoms with van der Waals surface area (Å²) < 4.78 is 25.0. The molecule has 0 aliphatic carbocycles. The quantitative estimate of drug-likeness (QED) is 0.886. The van der Waals surface area contributed by atoms with Gasteiger partial charge in [0.2, 0.25) is 10.0 Å². The Hall–Kier alpha value is -0.920. The molecule has 1 rings (SSSR count). The molecule has 0 saturated carbocycles. The van der Waals surface area contributed by atoms with E-state index in [1.165, 1.54) is 7.05 Å². The van der Waals surface area contributed by atoms with E-state index in [-0.39, 0.29) is 6.54 Å². The lowest BCUT2D eigenvalue weighted by Crippen LogP contribution is -2.31. The van der Waals surface area contributed by atoms with Crippen LogP contribution in [-0.2, 0) is 21.4 Å². The Morgan fingerprint density at radius 1 is 1.35 bits per heavy atom. The molecule has 0 aromatic heterocycles. The van der Waals surface area contributed by atoms with Crippen molar-refractivity contribution in [2.45, 2.75) is 6.54 Å². The van der Waals surface area contributed by atoms with Crippen molar-refractivity contribution >= 4 is 31.9 Å². The number of carboxylic acid groups (broad SMARTS) is 1. The number of carboxylic acids is 1. The maximum Gasteiger partial charge on any atom is 0.320 e.